The Labute approximate surface area is 108 Å². The second-order valence-corrected chi connectivity index (χ2v) is 4.69. The second-order valence-electron chi connectivity index (χ2n) is 4.69. The standard InChI is InChI=1S/C14H22N2O2/c1-10(2)16(8-5-9-17)14(18)12-6-4-7-13(15)11(12)3/h4,6-7,10,17H,5,8-9,15H2,1-3H3. The van der Waals surface area contributed by atoms with Gasteiger partial charge < -0.3 is 15.7 Å². The molecule has 0 aliphatic heterocycles. The van der Waals surface area contributed by atoms with E-state index in [0.717, 1.165) is 5.56 Å². The summed E-state index contributed by atoms with van der Waals surface area (Å²) in [5, 5.41) is 8.89. The van der Waals surface area contributed by atoms with E-state index in [2.05, 4.69) is 0 Å². The Morgan fingerprint density at radius 3 is 2.67 bits per heavy atom. The van der Waals surface area contributed by atoms with Crippen LogP contribution in [0.15, 0.2) is 18.2 Å². The number of aliphatic hydroxyl groups excluding tert-OH is 1. The van der Waals surface area contributed by atoms with Gasteiger partial charge in [0.15, 0.2) is 0 Å². The first kappa shape index (κ1) is 14.5. The van der Waals surface area contributed by atoms with Gasteiger partial charge in [-0.25, -0.2) is 0 Å². The lowest BCUT2D eigenvalue weighted by atomic mass is 10.0. The van der Waals surface area contributed by atoms with Crippen molar-refractivity contribution < 1.29 is 9.90 Å². The van der Waals surface area contributed by atoms with Gasteiger partial charge in [0.05, 0.1) is 0 Å². The number of nitrogen functional groups attached to an aromatic ring is 1. The lowest BCUT2D eigenvalue weighted by molar-refractivity contribution is 0.0692. The largest absolute Gasteiger partial charge is 0.398 e. The Kier molecular flexibility index (Phi) is 5.16. The fourth-order valence-electron chi connectivity index (χ4n) is 1.88. The summed E-state index contributed by atoms with van der Waals surface area (Å²) in [6, 6.07) is 5.48. The Hall–Kier alpha value is -1.55. The van der Waals surface area contributed by atoms with Crippen LogP contribution in [-0.4, -0.2) is 35.1 Å². The Morgan fingerprint density at radius 1 is 1.44 bits per heavy atom. The molecule has 0 atom stereocenters. The molecule has 0 bridgehead atoms. The summed E-state index contributed by atoms with van der Waals surface area (Å²) < 4.78 is 0. The molecule has 4 nitrogen and oxygen atoms in total. The highest BCUT2D eigenvalue weighted by atomic mass is 16.3. The maximum atomic E-state index is 12.5. The van der Waals surface area contributed by atoms with Crippen LogP contribution in [0.25, 0.3) is 0 Å². The van der Waals surface area contributed by atoms with Crippen LogP contribution in [0.1, 0.15) is 36.2 Å². The van der Waals surface area contributed by atoms with Crippen molar-refractivity contribution >= 4 is 11.6 Å². The molecule has 0 aliphatic rings. The van der Waals surface area contributed by atoms with Gasteiger partial charge in [0, 0.05) is 30.4 Å². The molecule has 1 aromatic rings. The van der Waals surface area contributed by atoms with Gasteiger partial charge in [-0.1, -0.05) is 6.07 Å². The molecular weight excluding hydrogens is 228 g/mol. The van der Waals surface area contributed by atoms with Gasteiger partial charge in [0.25, 0.3) is 5.91 Å². The highest BCUT2D eigenvalue weighted by molar-refractivity contribution is 5.97. The third kappa shape index (κ3) is 3.23. The van der Waals surface area contributed by atoms with Gasteiger partial charge in [0.1, 0.15) is 0 Å². The van der Waals surface area contributed by atoms with Crippen LogP contribution in [0.2, 0.25) is 0 Å². The molecule has 0 radical (unpaired) electrons. The molecule has 1 aromatic carbocycles. The molecule has 4 heteroatoms. The van der Waals surface area contributed by atoms with Crippen LogP contribution in [0.4, 0.5) is 5.69 Å². The van der Waals surface area contributed by atoms with Crippen LogP contribution in [0.3, 0.4) is 0 Å². The van der Waals surface area contributed by atoms with E-state index in [9.17, 15) is 4.79 Å². The van der Waals surface area contributed by atoms with Crippen LogP contribution < -0.4 is 5.73 Å². The number of nitrogens with two attached hydrogens (primary N) is 1. The smallest absolute Gasteiger partial charge is 0.254 e. The number of benzene rings is 1. The van der Waals surface area contributed by atoms with Crippen LogP contribution >= 0.6 is 0 Å². The zero-order valence-electron chi connectivity index (χ0n) is 11.3. The Balaban J connectivity index is 2.98. The van der Waals surface area contributed by atoms with Crippen molar-refractivity contribution in [3.63, 3.8) is 0 Å². The number of carbonyl (C=O) groups is 1. The van der Waals surface area contributed by atoms with Crippen molar-refractivity contribution in [2.24, 2.45) is 0 Å². The fourth-order valence-corrected chi connectivity index (χ4v) is 1.88. The maximum absolute atomic E-state index is 12.5. The summed E-state index contributed by atoms with van der Waals surface area (Å²) in [5.74, 6) is -0.0248. The molecule has 3 N–H and O–H groups in total. The number of nitrogens with zero attached hydrogens (tertiary/aromatic N) is 1. The van der Waals surface area contributed by atoms with Gasteiger partial charge in [-0.05, 0) is 44.9 Å². The summed E-state index contributed by atoms with van der Waals surface area (Å²) in [6.45, 7) is 6.44. The molecule has 1 rings (SSSR count). The molecule has 0 heterocycles. The third-order valence-electron chi connectivity index (χ3n) is 3.05. The van der Waals surface area contributed by atoms with Crippen molar-refractivity contribution in [2.75, 3.05) is 18.9 Å². The molecule has 0 aromatic heterocycles. The van der Waals surface area contributed by atoms with Crippen LogP contribution in [0.5, 0.6) is 0 Å². The first-order valence-electron chi connectivity index (χ1n) is 6.26. The van der Waals surface area contributed by atoms with Gasteiger partial charge in [-0.2, -0.15) is 0 Å². The SMILES string of the molecule is Cc1c(N)cccc1C(=O)N(CCCO)C(C)C. The number of amides is 1. The molecule has 0 spiro atoms. The molecule has 18 heavy (non-hydrogen) atoms. The average molecular weight is 250 g/mol. The van der Waals surface area contributed by atoms with E-state index < -0.39 is 0 Å². The highest BCUT2D eigenvalue weighted by Crippen LogP contribution is 2.18. The van der Waals surface area contributed by atoms with E-state index >= 15 is 0 Å². The minimum absolute atomic E-state index is 0.0248. The Morgan fingerprint density at radius 2 is 2.11 bits per heavy atom. The lowest BCUT2D eigenvalue weighted by Crippen LogP contribution is -2.38. The monoisotopic (exact) mass is 250 g/mol. The molecule has 1 amide bonds. The summed E-state index contributed by atoms with van der Waals surface area (Å²) in [4.78, 5) is 14.2. The number of hydrogen-bond acceptors (Lipinski definition) is 3. The lowest BCUT2D eigenvalue weighted by Gasteiger charge is -2.27. The van der Waals surface area contributed by atoms with Gasteiger partial charge in [-0.3, -0.25) is 4.79 Å². The van der Waals surface area contributed by atoms with E-state index in [1.54, 1.807) is 23.1 Å². The van der Waals surface area contributed by atoms with Crippen LogP contribution in [-0.2, 0) is 0 Å². The van der Waals surface area contributed by atoms with E-state index in [0.29, 0.717) is 24.2 Å². The van der Waals surface area contributed by atoms with E-state index in [1.807, 2.05) is 20.8 Å². The first-order chi connectivity index (χ1) is 8.49. The normalized spacial score (nSPS) is 10.7. The summed E-state index contributed by atoms with van der Waals surface area (Å²) in [5.41, 5.74) is 7.91. The fraction of sp³-hybridized carbons (Fsp3) is 0.500. The number of anilines is 1. The number of rotatable bonds is 5. The van der Waals surface area contributed by atoms with E-state index in [1.165, 1.54) is 0 Å². The molecular formula is C14H22N2O2. The molecule has 0 fully saturated rings. The van der Waals surface area contributed by atoms with Crippen molar-refractivity contribution in [3.05, 3.63) is 29.3 Å². The first-order valence-corrected chi connectivity index (χ1v) is 6.26. The van der Waals surface area contributed by atoms with Gasteiger partial charge in [0.2, 0.25) is 0 Å². The van der Waals surface area contributed by atoms with Gasteiger partial charge in [-0.15, -0.1) is 0 Å². The second kappa shape index (κ2) is 6.40. The van der Waals surface area contributed by atoms with E-state index in [4.69, 9.17) is 10.8 Å². The minimum atomic E-state index is -0.0248. The van der Waals surface area contributed by atoms with Crippen LogP contribution in [0, 0.1) is 6.92 Å². The number of carbonyl (C=O) groups excluding carboxylic acids is 1. The zero-order valence-corrected chi connectivity index (χ0v) is 11.3. The van der Waals surface area contributed by atoms with Crippen molar-refractivity contribution in [2.45, 2.75) is 33.2 Å². The topological polar surface area (TPSA) is 66.6 Å². The Bertz CT molecular complexity index is 416. The number of hydrogen-bond donors (Lipinski definition) is 2. The molecule has 100 valence electrons. The predicted molar refractivity (Wildman–Crippen MR) is 73.5 cm³/mol. The number of aliphatic hydroxyl groups is 1. The summed E-state index contributed by atoms with van der Waals surface area (Å²) in [6.07, 6.45) is 0.589. The molecule has 0 unspecified atom stereocenters. The maximum Gasteiger partial charge on any atom is 0.254 e. The average Bonchev–Trinajstić information content (AvgIpc) is 2.32. The van der Waals surface area contributed by atoms with Crippen molar-refractivity contribution in [1.29, 1.82) is 0 Å². The molecule has 0 aliphatic carbocycles. The van der Waals surface area contributed by atoms with E-state index in [-0.39, 0.29) is 18.6 Å². The van der Waals surface area contributed by atoms with Gasteiger partial charge >= 0.3 is 0 Å². The zero-order chi connectivity index (χ0) is 13.7. The molecule has 0 saturated carbocycles. The quantitative estimate of drug-likeness (QED) is 0.783. The summed E-state index contributed by atoms with van der Waals surface area (Å²) in [7, 11) is 0. The van der Waals surface area contributed by atoms with Crippen molar-refractivity contribution in [3.8, 4) is 0 Å². The predicted octanol–water partition coefficient (Wildman–Crippen LogP) is 1.81. The third-order valence-corrected chi connectivity index (χ3v) is 3.05. The minimum Gasteiger partial charge on any atom is -0.398 e. The highest BCUT2D eigenvalue weighted by Gasteiger charge is 2.20. The van der Waals surface area contributed by atoms with Crippen molar-refractivity contribution in [1.82, 2.24) is 4.90 Å². The molecule has 0 saturated heterocycles. The summed E-state index contributed by atoms with van der Waals surface area (Å²) >= 11 is 0.